The number of aromatic carboxylic acids is 1. The van der Waals surface area contributed by atoms with Crippen LogP contribution in [0.25, 0.3) is 22.0 Å². The van der Waals surface area contributed by atoms with E-state index in [2.05, 4.69) is 25.6 Å². The number of aryl methyl sites for hydroxylation is 1. The van der Waals surface area contributed by atoms with E-state index < -0.39 is 103 Å². The maximum Gasteiger partial charge on any atom is 0.339 e. The Morgan fingerprint density at radius 2 is 1.32 bits per heavy atom. The summed E-state index contributed by atoms with van der Waals surface area (Å²) in [6.45, 7) is 0. The molecule has 0 amide bonds. The number of hydrogen-bond acceptors (Lipinski definition) is 17. The second-order valence-electron chi connectivity index (χ2n) is 13.9. The molecule has 5 aromatic carbocycles. The van der Waals surface area contributed by atoms with Crippen LogP contribution in [0.2, 0.25) is 0 Å². The van der Waals surface area contributed by atoms with E-state index in [0.717, 1.165) is 22.8 Å². The van der Waals surface area contributed by atoms with E-state index in [-0.39, 0.29) is 55.7 Å². The lowest BCUT2D eigenvalue weighted by molar-refractivity contribution is 0.0693. The molecule has 7 aromatic rings. The van der Waals surface area contributed by atoms with Gasteiger partial charge in [0.15, 0.2) is 11.6 Å². The minimum Gasteiger partial charge on any atom is -0.479 e. The van der Waals surface area contributed by atoms with E-state index in [0.29, 0.717) is 6.07 Å². The number of hydrogen-bond donors (Lipinski definition) is 7. The highest BCUT2D eigenvalue weighted by Gasteiger charge is 2.35. The summed E-state index contributed by atoms with van der Waals surface area (Å²) in [6, 6.07) is 17.2. The van der Waals surface area contributed by atoms with Gasteiger partial charge in [0.05, 0.1) is 38.6 Å². The zero-order chi connectivity index (χ0) is 46.9. The van der Waals surface area contributed by atoms with Gasteiger partial charge in [0.1, 0.15) is 21.1 Å². The topological polar surface area (TPSA) is 349 Å². The average Bonchev–Trinajstić information content (AvgIpc) is 3.23. The normalized spacial score (nSPS) is 12.4. The molecule has 8 rings (SSSR count). The molecule has 0 spiro atoms. The average molecular weight is 943 g/mol. The summed E-state index contributed by atoms with van der Waals surface area (Å²) in [5, 5.41) is 24.9. The van der Waals surface area contributed by atoms with Crippen molar-refractivity contribution in [3.8, 4) is 28.9 Å². The minimum atomic E-state index is -5.43. The molecule has 0 radical (unpaired) electrons. The molecule has 330 valence electrons. The van der Waals surface area contributed by atoms with Crippen molar-refractivity contribution in [2.45, 2.75) is 14.7 Å². The third kappa shape index (κ3) is 8.01. The smallest absolute Gasteiger partial charge is 0.339 e. The Kier molecular flexibility index (Phi) is 10.6. The SMILES string of the molecule is Cn1c(=O)c(C(=O)c2cccc(S(=O)(=O)O)c2)c2c3c(c(Nc4cc(Nc5nc(O)nc(Oc6ccccc6C(=O)O)n5)c(S(=O)(=O)O)cc4S(=O)(=O)O)ccc31)C(=O)c1ccccc1-2. The molecular weight excluding hydrogens is 917 g/mol. The van der Waals surface area contributed by atoms with Crippen LogP contribution in [0, 0.1) is 0 Å². The van der Waals surface area contributed by atoms with Crippen LogP contribution < -0.4 is 20.9 Å². The van der Waals surface area contributed by atoms with Gasteiger partial charge in [-0.3, -0.25) is 28.0 Å². The van der Waals surface area contributed by atoms with Crippen LogP contribution in [0.3, 0.4) is 0 Å². The molecule has 65 heavy (non-hydrogen) atoms. The number of carbonyl (C=O) groups is 3. The van der Waals surface area contributed by atoms with Gasteiger partial charge >= 0.3 is 18.0 Å². The van der Waals surface area contributed by atoms with Crippen LogP contribution in [0.4, 0.5) is 23.0 Å². The molecule has 0 saturated carbocycles. The molecule has 7 N–H and O–H groups in total. The van der Waals surface area contributed by atoms with Crippen molar-refractivity contribution < 1.29 is 68.2 Å². The summed E-state index contributed by atoms with van der Waals surface area (Å²) < 4.78 is 112. The summed E-state index contributed by atoms with van der Waals surface area (Å²) in [7, 11) is -14.4. The molecule has 0 unspecified atom stereocenters. The molecule has 0 saturated heterocycles. The highest BCUT2D eigenvalue weighted by molar-refractivity contribution is 7.87. The summed E-state index contributed by atoms with van der Waals surface area (Å²) in [4.78, 5) is 62.8. The fourth-order valence-electron chi connectivity index (χ4n) is 7.16. The Morgan fingerprint density at radius 3 is 1.98 bits per heavy atom. The standard InChI is InChI=1S/C40H26N6O16S3/c1-46-26-14-13-23(31-32(26)30(20-9-2-3-10-21(20)35(31)48)33(36(46)49)34(47)18-7-6-8-19(15-18)63(53,54)55)41-24-16-25(29(65(59,60)61)17-28(24)64(56,57)58)42-38-43-39(52)45-40(44-38)62-27-12-5-4-11-22(27)37(50)51/h2-17,41H,1H3,(H,50,51)(H,53,54,55)(H,56,57,58)(H,59,60,61)(H2,42,43,44,45,52). The first kappa shape index (κ1) is 43.7. The van der Waals surface area contributed by atoms with Gasteiger partial charge in [0, 0.05) is 29.1 Å². The van der Waals surface area contributed by atoms with Gasteiger partial charge in [-0.1, -0.05) is 48.5 Å². The Labute approximate surface area is 364 Å². The van der Waals surface area contributed by atoms with Crippen LogP contribution in [-0.4, -0.2) is 86.2 Å². The van der Waals surface area contributed by atoms with Crippen molar-refractivity contribution in [2.75, 3.05) is 10.6 Å². The number of aromatic hydroxyl groups is 1. The predicted molar refractivity (Wildman–Crippen MR) is 225 cm³/mol. The van der Waals surface area contributed by atoms with Crippen LogP contribution in [-0.2, 0) is 37.4 Å². The maximum atomic E-state index is 14.5. The lowest BCUT2D eigenvalue weighted by Crippen LogP contribution is -2.29. The predicted octanol–water partition coefficient (Wildman–Crippen LogP) is 4.59. The Balaban J connectivity index is 1.33. The first-order valence-electron chi connectivity index (χ1n) is 18.1. The highest BCUT2D eigenvalue weighted by atomic mass is 32.2. The lowest BCUT2D eigenvalue weighted by atomic mass is 9.80. The van der Waals surface area contributed by atoms with E-state index >= 15 is 0 Å². The minimum absolute atomic E-state index is 0.0333. The van der Waals surface area contributed by atoms with Gasteiger partial charge in [-0.2, -0.15) is 35.2 Å². The van der Waals surface area contributed by atoms with Gasteiger partial charge in [-0.05, 0) is 54.1 Å². The third-order valence-electron chi connectivity index (χ3n) is 9.93. The van der Waals surface area contributed by atoms with E-state index in [1.54, 1.807) is 0 Å². The van der Waals surface area contributed by atoms with E-state index in [4.69, 9.17) is 4.74 Å². The third-order valence-corrected chi connectivity index (χ3v) is 12.6. The molecule has 0 bridgehead atoms. The monoisotopic (exact) mass is 942 g/mol. The zero-order valence-corrected chi connectivity index (χ0v) is 34.9. The summed E-state index contributed by atoms with van der Waals surface area (Å²) >= 11 is 0. The number of carboxylic acid groups (broad SMARTS) is 1. The van der Waals surface area contributed by atoms with Gasteiger partial charge in [-0.25, -0.2) is 4.79 Å². The Hall–Kier alpha value is -7.94. The van der Waals surface area contributed by atoms with E-state index in [9.17, 15) is 68.3 Å². The number of fused-ring (bicyclic) bond motifs is 2. The van der Waals surface area contributed by atoms with Crippen LogP contribution in [0.15, 0.2) is 117 Å². The van der Waals surface area contributed by atoms with Crippen molar-refractivity contribution in [1.29, 1.82) is 0 Å². The van der Waals surface area contributed by atoms with Crippen molar-refractivity contribution in [1.82, 2.24) is 19.5 Å². The molecule has 1 aliphatic rings. The van der Waals surface area contributed by atoms with Crippen LogP contribution in [0.1, 0.15) is 42.2 Å². The number of aromatic nitrogens is 4. The number of carbonyl (C=O) groups excluding carboxylic acids is 2. The molecule has 22 nitrogen and oxygen atoms in total. The molecule has 2 heterocycles. The summed E-state index contributed by atoms with van der Waals surface area (Å²) in [5.74, 6) is -4.14. The highest BCUT2D eigenvalue weighted by Crippen LogP contribution is 2.45. The Morgan fingerprint density at radius 1 is 0.677 bits per heavy atom. The van der Waals surface area contributed by atoms with Crippen molar-refractivity contribution in [3.05, 3.63) is 135 Å². The number of anilines is 4. The number of carboxylic acids is 1. The van der Waals surface area contributed by atoms with Gasteiger partial charge in [0.2, 0.25) is 5.95 Å². The maximum absolute atomic E-state index is 14.5. The Bertz CT molecular complexity index is 3690. The van der Waals surface area contributed by atoms with Crippen molar-refractivity contribution >= 4 is 81.8 Å². The lowest BCUT2D eigenvalue weighted by Gasteiger charge is -2.26. The molecule has 1 aliphatic carbocycles. The zero-order valence-electron chi connectivity index (χ0n) is 32.5. The van der Waals surface area contributed by atoms with Gasteiger partial charge in [0.25, 0.3) is 35.9 Å². The van der Waals surface area contributed by atoms with Gasteiger partial charge < -0.3 is 30.2 Å². The quantitative estimate of drug-likeness (QED) is 0.0650. The second-order valence-corrected chi connectivity index (χ2v) is 18.1. The summed E-state index contributed by atoms with van der Waals surface area (Å²) in [6.07, 6.45) is 0. The second kappa shape index (κ2) is 15.7. The molecule has 0 aliphatic heterocycles. The number of para-hydroxylation sites is 1. The number of rotatable bonds is 12. The molecule has 0 atom stereocenters. The first-order chi connectivity index (χ1) is 30.5. The molecule has 25 heteroatoms. The number of nitrogens with zero attached hydrogens (tertiary/aromatic N) is 4. The van der Waals surface area contributed by atoms with Crippen molar-refractivity contribution in [2.24, 2.45) is 7.05 Å². The summed E-state index contributed by atoms with van der Waals surface area (Å²) in [5.41, 5.74) is -3.93. The van der Waals surface area contributed by atoms with E-state index in [1.807, 2.05) is 0 Å². The van der Waals surface area contributed by atoms with E-state index in [1.165, 1.54) is 79.8 Å². The fraction of sp³-hybridized carbons (Fsp3) is 0.0250. The van der Waals surface area contributed by atoms with Crippen LogP contribution >= 0.6 is 0 Å². The number of nitrogens with one attached hydrogen (secondary N) is 2. The number of benzene rings is 5. The van der Waals surface area contributed by atoms with Crippen LogP contribution in [0.5, 0.6) is 17.8 Å². The molecule has 2 aromatic heterocycles. The fourth-order valence-corrected chi connectivity index (χ4v) is 9.07. The number of ether oxygens (including phenoxy) is 1. The first-order valence-corrected chi connectivity index (χ1v) is 22.4. The largest absolute Gasteiger partial charge is 0.479 e. The van der Waals surface area contributed by atoms with Gasteiger partial charge in [-0.15, -0.1) is 4.98 Å². The number of pyridine rings is 1. The number of ketones is 2. The molecular formula is C40H26N6O16S3. The van der Waals surface area contributed by atoms with Crippen molar-refractivity contribution in [3.63, 3.8) is 0 Å². The molecule has 0 fully saturated rings.